The first-order valence-electron chi connectivity index (χ1n) is 51.0. The molecule has 4 aliphatic carbocycles. The minimum absolute atomic E-state index is 0.187. The van der Waals surface area contributed by atoms with E-state index in [4.69, 9.17) is 0 Å². The van der Waals surface area contributed by atoms with Crippen LogP contribution in [0, 0.1) is 0 Å². The third kappa shape index (κ3) is 12.4. The van der Waals surface area contributed by atoms with Crippen LogP contribution in [0.4, 0.5) is 22.7 Å². The van der Waals surface area contributed by atoms with E-state index < -0.39 is 10.8 Å². The van der Waals surface area contributed by atoms with Crippen LogP contribution in [-0.2, 0) is 42.1 Å². The molecule has 4 nitrogen and oxygen atoms in total. The lowest BCUT2D eigenvalue weighted by Crippen LogP contribution is -2.62. The molecular weight excluding hydrogens is 1720 g/mol. The van der Waals surface area contributed by atoms with Gasteiger partial charge in [-0.25, -0.2) is 0 Å². The lowest BCUT2D eigenvalue weighted by atomic mass is 9.33. The highest BCUT2D eigenvalue weighted by molar-refractivity contribution is 7.00. The Bertz CT molecular complexity index is 8990. The van der Waals surface area contributed by atoms with E-state index in [9.17, 15) is 0 Å². The minimum atomic E-state index is -0.549. The average Bonchev–Trinajstić information content (AvgIpc) is 1.51. The molecule has 0 fully saturated rings. The van der Waals surface area contributed by atoms with Crippen molar-refractivity contribution in [2.75, 3.05) is 22.9 Å². The van der Waals surface area contributed by atoms with Crippen LogP contribution in [0.3, 0.4) is 0 Å². The van der Waals surface area contributed by atoms with Crippen molar-refractivity contribution in [3.05, 3.63) is 540 Å². The molecule has 0 radical (unpaired) electrons. The van der Waals surface area contributed by atoms with Crippen molar-refractivity contribution < 1.29 is 0 Å². The Morgan fingerprint density at radius 1 is 0.224 bits per heavy atom. The molecule has 23 aromatic rings. The first-order valence-corrected chi connectivity index (χ1v) is 51.0. The predicted molar refractivity (Wildman–Crippen MR) is 600 cm³/mol. The number of aryl methyl sites for hydroxylation is 2. The summed E-state index contributed by atoms with van der Waals surface area (Å²) in [6.07, 6.45) is 2.24. The van der Waals surface area contributed by atoms with Gasteiger partial charge >= 0.3 is 0 Å². The molecule has 0 saturated carbocycles. The van der Waals surface area contributed by atoms with E-state index in [2.05, 4.69) is 513 Å². The van der Waals surface area contributed by atoms with Gasteiger partial charge in [0.15, 0.2) is 0 Å². The third-order valence-electron chi connectivity index (χ3n) is 33.0. The zero-order valence-corrected chi connectivity index (χ0v) is 80.1. The topological polar surface area (TPSA) is 16.3 Å². The van der Waals surface area contributed by atoms with Crippen molar-refractivity contribution in [3.8, 4) is 117 Å². The van der Waals surface area contributed by atoms with Gasteiger partial charge < -0.3 is 18.9 Å². The molecule has 6 aliphatic rings. The van der Waals surface area contributed by atoms with Crippen LogP contribution in [-0.4, -0.2) is 28.9 Å². The van der Waals surface area contributed by atoms with Crippen LogP contribution in [0.5, 0.6) is 0 Å². The molecule has 0 N–H and O–H groups in total. The zero-order valence-electron chi connectivity index (χ0n) is 80.1. The molecule has 2 spiro atoms. The van der Waals surface area contributed by atoms with Crippen molar-refractivity contribution >= 4 is 89.5 Å². The van der Waals surface area contributed by atoms with E-state index in [0.29, 0.717) is 13.1 Å². The summed E-state index contributed by atoms with van der Waals surface area (Å²) in [6.45, 7) is 9.23. The summed E-state index contributed by atoms with van der Waals surface area (Å²) in [5.41, 5.74) is 54.6. The Labute approximate surface area is 835 Å². The van der Waals surface area contributed by atoms with Crippen LogP contribution in [0.2, 0.25) is 0 Å². The van der Waals surface area contributed by atoms with Gasteiger partial charge in [0, 0.05) is 80.6 Å². The van der Waals surface area contributed by atoms with Crippen molar-refractivity contribution in [2.24, 2.45) is 0 Å². The standard InChI is InChI=1S/C138H99BN4/c1-136(2,3)97-81-133-135-134(82-97)142(75-72-100-111(93-46-18-8-19-47-93)79-96(90-40-12-5-13-41-90)80-112(100)94-48-20-9-21-49-94)132-83-98(143-128-65-37-29-57-108(128)116-85-114-106-55-27-35-63-122(106)138(124(114)87-130(116)143)119-60-32-24-52-103(119)104-53-25-33-61-120(104)138)67-69-126(132)139(135)125-68-66-88(76-131(125)141(133)74-71-99-109(91-42-14-6-15-43-91)77-95(89-38-10-4-11-39-89)78-110(99)92-44-16-7-17-45-92)70-73-140-127-64-36-28-56-107(127)115-84-113-105-54-26-34-62-121(105)137(123(113)86-129(115)140)117-58-30-22-50-101(117)102-51-23-31-59-118(102)137/h4-69,76-87H,70-75H2,1-3H3. The highest BCUT2D eigenvalue weighted by Crippen LogP contribution is 2.66. The summed E-state index contributed by atoms with van der Waals surface area (Å²) < 4.78 is 5.32. The number of hydrogen-bond donors (Lipinski definition) is 0. The lowest BCUT2D eigenvalue weighted by Gasteiger charge is -2.45. The van der Waals surface area contributed by atoms with Crippen molar-refractivity contribution in [1.82, 2.24) is 9.13 Å². The Kier molecular flexibility index (Phi) is 18.7. The van der Waals surface area contributed by atoms with Gasteiger partial charge in [-0.15, -0.1) is 0 Å². The molecule has 674 valence electrons. The molecule has 29 rings (SSSR count). The molecule has 0 bridgehead atoms. The summed E-state index contributed by atoms with van der Waals surface area (Å²) in [4.78, 5) is 5.63. The van der Waals surface area contributed by atoms with Crippen LogP contribution in [0.1, 0.15) is 87.5 Å². The van der Waals surface area contributed by atoms with Crippen LogP contribution in [0.25, 0.3) is 161 Å². The predicted octanol–water partition coefficient (Wildman–Crippen LogP) is 32.0. The van der Waals surface area contributed by atoms with Crippen LogP contribution in [0.15, 0.2) is 473 Å². The maximum atomic E-state index is 2.82. The number of benzene rings is 21. The lowest BCUT2D eigenvalue weighted by molar-refractivity contribution is 0.590. The van der Waals surface area contributed by atoms with Crippen LogP contribution >= 0.6 is 0 Å². The number of aromatic nitrogens is 2. The van der Waals surface area contributed by atoms with Crippen molar-refractivity contribution in [1.29, 1.82) is 0 Å². The van der Waals surface area contributed by atoms with Gasteiger partial charge in [0.25, 0.3) is 6.71 Å². The molecule has 5 heteroatoms. The molecule has 143 heavy (non-hydrogen) atoms. The Hall–Kier alpha value is -17.1. The molecule has 4 heterocycles. The number of rotatable bonds is 16. The second-order valence-electron chi connectivity index (χ2n) is 41.2. The average molecular weight is 1820 g/mol. The molecule has 0 amide bonds. The summed E-state index contributed by atoms with van der Waals surface area (Å²) in [6, 6.07) is 182. The SMILES string of the molecule is CC(C)(C)c1cc2c3c(c1)N(CCc1c(-c4ccccc4)cc(-c4ccccc4)cc1-c1ccccc1)c1cc(-n4c5ccccc5c5cc6c(cc54)C4(c5ccccc5-c5ccccc54)c4ccccc4-6)ccc1B3c1ccc(CCn3c4ccccc4c4cc5c(cc43)C3(c4ccccc4-c4ccccc43)c3ccccc3-5)cc1N2CCc1c(-c2ccccc2)cc(-c2ccccc2)cc1-c1ccccc1. The molecule has 21 aromatic carbocycles. The Morgan fingerprint density at radius 3 is 0.972 bits per heavy atom. The second-order valence-corrected chi connectivity index (χ2v) is 41.2. The maximum Gasteiger partial charge on any atom is 0.252 e. The maximum absolute atomic E-state index is 2.82. The fraction of sp³-hybridized carbons (Fsp3) is 0.0870. The minimum Gasteiger partial charge on any atom is -0.342 e. The highest BCUT2D eigenvalue weighted by Gasteiger charge is 2.55. The molecule has 0 atom stereocenters. The first kappa shape index (κ1) is 82.9. The largest absolute Gasteiger partial charge is 0.342 e. The van der Waals surface area contributed by atoms with Crippen molar-refractivity contribution in [3.63, 3.8) is 0 Å². The second kappa shape index (κ2) is 32.2. The number of anilines is 4. The van der Waals surface area contributed by atoms with Gasteiger partial charge in [0.05, 0.1) is 21.9 Å². The number of nitrogens with zero attached hydrogens (tertiary/aromatic N) is 4. The van der Waals surface area contributed by atoms with Gasteiger partial charge in [-0.3, -0.25) is 0 Å². The number of fused-ring (bicyclic) bond motifs is 30. The first-order chi connectivity index (χ1) is 70.6. The van der Waals surface area contributed by atoms with Crippen molar-refractivity contribution in [2.45, 2.75) is 62.8 Å². The fourth-order valence-electron chi connectivity index (χ4n) is 26.8. The molecule has 2 aromatic heterocycles. The van der Waals surface area contributed by atoms with Crippen LogP contribution < -0.4 is 26.2 Å². The van der Waals surface area contributed by atoms with Gasteiger partial charge in [-0.1, -0.05) is 403 Å². The summed E-state index contributed by atoms with van der Waals surface area (Å²) in [5, 5.41) is 5.04. The number of hydrogen-bond acceptors (Lipinski definition) is 2. The van der Waals surface area contributed by atoms with E-state index in [1.54, 1.807) is 0 Å². The zero-order chi connectivity index (χ0) is 94.5. The summed E-state index contributed by atoms with van der Waals surface area (Å²) in [7, 11) is 0. The third-order valence-corrected chi connectivity index (χ3v) is 33.0. The fourth-order valence-corrected chi connectivity index (χ4v) is 26.8. The molecule has 0 saturated heterocycles. The smallest absolute Gasteiger partial charge is 0.252 e. The summed E-state index contributed by atoms with van der Waals surface area (Å²) >= 11 is 0. The monoisotopic (exact) mass is 1820 g/mol. The van der Waals surface area contributed by atoms with E-state index in [-0.39, 0.29) is 12.1 Å². The summed E-state index contributed by atoms with van der Waals surface area (Å²) in [5.74, 6) is 0. The molecule has 0 unspecified atom stereocenters. The van der Waals surface area contributed by atoms with Gasteiger partial charge in [-0.05, 0) is 310 Å². The Morgan fingerprint density at radius 2 is 0.559 bits per heavy atom. The highest BCUT2D eigenvalue weighted by atomic mass is 15.2. The van der Waals surface area contributed by atoms with Gasteiger partial charge in [0.1, 0.15) is 0 Å². The molecular formula is C138H99BN4. The van der Waals surface area contributed by atoms with E-state index in [0.717, 1.165) is 31.5 Å². The quantitative estimate of drug-likeness (QED) is 0.0897. The number of para-hydroxylation sites is 2. The normalized spacial score (nSPS) is 13.7. The van der Waals surface area contributed by atoms with Gasteiger partial charge in [0.2, 0.25) is 0 Å². The Balaban J connectivity index is 0.661. The van der Waals surface area contributed by atoms with E-state index in [1.807, 2.05) is 0 Å². The molecule has 2 aliphatic heterocycles. The van der Waals surface area contributed by atoms with E-state index in [1.165, 1.54) is 261 Å². The van der Waals surface area contributed by atoms with E-state index >= 15 is 0 Å². The van der Waals surface area contributed by atoms with Gasteiger partial charge in [-0.2, -0.15) is 0 Å².